The molecule has 5 amide bonds. The Hall–Kier alpha value is -5.49. The predicted molar refractivity (Wildman–Crippen MR) is 195 cm³/mol. The summed E-state index contributed by atoms with van der Waals surface area (Å²) < 4.78 is 0. The third-order valence-electron chi connectivity index (χ3n) is 8.98. The smallest absolute Gasteiger partial charge is 0.243 e. The van der Waals surface area contributed by atoms with Crippen LogP contribution in [0.2, 0.25) is 0 Å². The first-order valence-electron chi connectivity index (χ1n) is 17.4. The number of H-pyrrole nitrogens is 1. The number of nitrogens with one attached hydrogen (secondary N) is 6. The lowest BCUT2D eigenvalue weighted by molar-refractivity contribution is -0.136. The van der Waals surface area contributed by atoms with E-state index < -0.39 is 47.7 Å². The van der Waals surface area contributed by atoms with Crippen molar-refractivity contribution in [2.75, 3.05) is 33.7 Å². The highest BCUT2D eigenvalue weighted by molar-refractivity contribution is 5.95. The van der Waals surface area contributed by atoms with E-state index in [2.05, 4.69) is 31.6 Å². The van der Waals surface area contributed by atoms with Crippen LogP contribution in [0.4, 0.5) is 0 Å². The normalized spacial score (nSPS) is 20.5. The fraction of sp³-hybridized carbons (Fsp3) is 0.359. The highest BCUT2D eigenvalue weighted by Crippen LogP contribution is 2.20. The third-order valence-corrected chi connectivity index (χ3v) is 8.98. The first-order chi connectivity index (χ1) is 24.6. The molecule has 3 unspecified atom stereocenters. The van der Waals surface area contributed by atoms with Crippen molar-refractivity contribution in [1.82, 2.24) is 36.5 Å². The first kappa shape index (κ1) is 36.8. The molecule has 1 aromatic heterocycles. The topological polar surface area (TPSA) is 165 Å². The second kappa shape index (κ2) is 18.0. The van der Waals surface area contributed by atoms with Gasteiger partial charge in [-0.1, -0.05) is 78.9 Å². The molecule has 268 valence electrons. The van der Waals surface area contributed by atoms with Gasteiger partial charge in [-0.2, -0.15) is 0 Å². The summed E-state index contributed by atoms with van der Waals surface area (Å²) >= 11 is 0. The number of hydrogen-bond donors (Lipinski definition) is 6. The number of amides is 5. The van der Waals surface area contributed by atoms with Crippen molar-refractivity contribution in [2.45, 2.75) is 50.2 Å². The minimum absolute atomic E-state index is 0.0506. The van der Waals surface area contributed by atoms with E-state index in [9.17, 15) is 24.0 Å². The number of fused-ring (bicyclic) bond motifs is 1. The Kier molecular flexibility index (Phi) is 12.9. The van der Waals surface area contributed by atoms with Gasteiger partial charge in [0.05, 0.1) is 12.0 Å². The maximum atomic E-state index is 14.1. The second-order valence-electron chi connectivity index (χ2n) is 13.3. The van der Waals surface area contributed by atoms with Crippen LogP contribution < -0.4 is 26.6 Å². The lowest BCUT2D eigenvalue weighted by Crippen LogP contribution is -2.58. The van der Waals surface area contributed by atoms with Crippen LogP contribution in [0.25, 0.3) is 10.9 Å². The van der Waals surface area contributed by atoms with Crippen LogP contribution in [0, 0.1) is 5.92 Å². The van der Waals surface area contributed by atoms with Gasteiger partial charge in [0.15, 0.2) is 0 Å². The molecular weight excluding hydrogens is 646 g/mol. The minimum Gasteiger partial charge on any atom is -0.361 e. The van der Waals surface area contributed by atoms with Crippen LogP contribution in [-0.4, -0.2) is 91.3 Å². The van der Waals surface area contributed by atoms with Gasteiger partial charge in [-0.3, -0.25) is 24.0 Å². The Morgan fingerprint density at radius 1 is 0.745 bits per heavy atom. The number of likely N-dealkylation sites (N-methyl/N-ethyl adjacent to an activating group) is 1. The zero-order valence-corrected chi connectivity index (χ0v) is 29.1. The fourth-order valence-corrected chi connectivity index (χ4v) is 6.25. The number of aromatic amines is 1. The molecule has 4 aromatic rings. The molecular formula is C39H47N7O5. The molecule has 1 aliphatic rings. The summed E-state index contributed by atoms with van der Waals surface area (Å²) in [5.74, 6) is -3.38. The summed E-state index contributed by atoms with van der Waals surface area (Å²) in [5.41, 5.74) is 3.46. The Labute approximate surface area is 298 Å². The maximum Gasteiger partial charge on any atom is 0.243 e. The molecule has 12 nitrogen and oxygen atoms in total. The van der Waals surface area contributed by atoms with E-state index in [1.807, 2.05) is 104 Å². The van der Waals surface area contributed by atoms with Crippen molar-refractivity contribution in [1.29, 1.82) is 0 Å². The number of carbonyl (C=O) groups is 5. The average Bonchev–Trinajstić information content (AvgIpc) is 3.52. The van der Waals surface area contributed by atoms with Crippen molar-refractivity contribution in [3.05, 3.63) is 108 Å². The van der Waals surface area contributed by atoms with Crippen molar-refractivity contribution in [2.24, 2.45) is 5.92 Å². The predicted octanol–water partition coefficient (Wildman–Crippen LogP) is 1.85. The van der Waals surface area contributed by atoms with Crippen molar-refractivity contribution in [3.8, 4) is 0 Å². The zero-order valence-electron chi connectivity index (χ0n) is 29.1. The van der Waals surface area contributed by atoms with Gasteiger partial charge in [-0.05, 0) is 43.3 Å². The Balaban J connectivity index is 1.45. The van der Waals surface area contributed by atoms with E-state index in [-0.39, 0.29) is 38.1 Å². The lowest BCUT2D eigenvalue weighted by Gasteiger charge is -2.28. The zero-order chi connectivity index (χ0) is 36.2. The number of para-hydroxylation sites is 1. The minimum atomic E-state index is -1.08. The summed E-state index contributed by atoms with van der Waals surface area (Å²) in [5, 5.41) is 15.5. The highest BCUT2D eigenvalue weighted by atomic mass is 16.2. The molecule has 4 atom stereocenters. The van der Waals surface area contributed by atoms with E-state index in [1.165, 1.54) is 0 Å². The number of aromatic nitrogens is 1. The van der Waals surface area contributed by atoms with Crippen LogP contribution in [0.5, 0.6) is 0 Å². The standard InChI is InChI=1S/C39H47N7O5/c1-46(2)18-17-40-35(47)22-28-23-36(48)44-34(21-29-24-41-32-16-10-9-15-31(29)32)39(51)45-33(20-27-13-7-4-8-14-27)38(50)43-30(25-42-37(28)49)19-26-11-5-3-6-12-26/h3-16,24,28,30,33-34,41H,17-23,25H2,1-2H3,(H,40,47)(H,42,49)(H,43,50)(H,44,48)(H,45,51)/t28?,30-,33?,34?/m1/s1. The largest absolute Gasteiger partial charge is 0.361 e. The number of rotatable bonds is 11. The summed E-state index contributed by atoms with van der Waals surface area (Å²) in [7, 11) is 3.78. The number of nitrogens with zero attached hydrogens (tertiary/aromatic N) is 1. The molecule has 0 aliphatic carbocycles. The van der Waals surface area contributed by atoms with Gasteiger partial charge >= 0.3 is 0 Å². The van der Waals surface area contributed by atoms with Crippen LogP contribution in [0.1, 0.15) is 29.5 Å². The molecule has 2 heterocycles. The molecule has 6 N–H and O–H groups in total. The molecule has 12 heteroatoms. The Morgan fingerprint density at radius 3 is 2.08 bits per heavy atom. The number of benzene rings is 3. The third kappa shape index (κ3) is 11.0. The van der Waals surface area contributed by atoms with E-state index >= 15 is 0 Å². The average molecular weight is 694 g/mol. The molecule has 0 spiro atoms. The SMILES string of the molecule is CN(C)CCNC(=O)CC1CC(=O)NC(Cc2c[nH]c3ccccc23)C(=O)NC(Cc2ccccc2)C(=O)N[C@H](Cc2ccccc2)CNC1=O. The molecule has 0 bridgehead atoms. The Morgan fingerprint density at radius 2 is 1.37 bits per heavy atom. The van der Waals surface area contributed by atoms with Gasteiger partial charge < -0.3 is 36.5 Å². The lowest BCUT2D eigenvalue weighted by atomic mass is 9.97. The number of hydrogen-bond acceptors (Lipinski definition) is 6. The molecule has 51 heavy (non-hydrogen) atoms. The molecule has 1 saturated heterocycles. The van der Waals surface area contributed by atoms with Crippen molar-refractivity contribution >= 4 is 40.4 Å². The van der Waals surface area contributed by atoms with Gasteiger partial charge in [0.25, 0.3) is 0 Å². The number of carbonyl (C=O) groups excluding carboxylic acids is 5. The summed E-state index contributed by atoms with van der Waals surface area (Å²) in [6.07, 6.45) is 2.00. The van der Waals surface area contributed by atoms with E-state index in [0.29, 0.717) is 19.5 Å². The summed E-state index contributed by atoms with van der Waals surface area (Å²) in [6.45, 7) is 1.05. The van der Waals surface area contributed by atoms with Gasteiger partial charge in [-0.15, -0.1) is 0 Å². The summed E-state index contributed by atoms with van der Waals surface area (Å²) in [6, 6.07) is 24.0. The molecule has 1 fully saturated rings. The molecule has 3 aromatic carbocycles. The van der Waals surface area contributed by atoms with Crippen LogP contribution >= 0.6 is 0 Å². The van der Waals surface area contributed by atoms with E-state index in [1.54, 1.807) is 6.20 Å². The van der Waals surface area contributed by atoms with Gasteiger partial charge in [-0.25, -0.2) is 0 Å². The monoisotopic (exact) mass is 693 g/mol. The molecule has 0 saturated carbocycles. The van der Waals surface area contributed by atoms with Gasteiger partial charge in [0.1, 0.15) is 12.1 Å². The molecule has 1 aliphatic heterocycles. The van der Waals surface area contributed by atoms with Crippen LogP contribution in [0.3, 0.4) is 0 Å². The van der Waals surface area contributed by atoms with Crippen LogP contribution in [0.15, 0.2) is 91.1 Å². The van der Waals surface area contributed by atoms with Crippen molar-refractivity contribution in [3.63, 3.8) is 0 Å². The fourth-order valence-electron chi connectivity index (χ4n) is 6.25. The second-order valence-corrected chi connectivity index (χ2v) is 13.3. The van der Waals surface area contributed by atoms with E-state index in [0.717, 1.165) is 27.6 Å². The highest BCUT2D eigenvalue weighted by Gasteiger charge is 2.32. The Bertz CT molecular complexity index is 1790. The molecule has 0 radical (unpaired) electrons. The maximum absolute atomic E-state index is 14.1. The quantitative estimate of drug-likeness (QED) is 0.140. The van der Waals surface area contributed by atoms with Crippen LogP contribution in [-0.2, 0) is 43.2 Å². The van der Waals surface area contributed by atoms with E-state index in [4.69, 9.17) is 0 Å². The first-order valence-corrected chi connectivity index (χ1v) is 17.4. The van der Waals surface area contributed by atoms with Gasteiger partial charge in [0, 0.05) is 62.4 Å². The van der Waals surface area contributed by atoms with Crippen molar-refractivity contribution < 1.29 is 24.0 Å². The van der Waals surface area contributed by atoms with Gasteiger partial charge in [0.2, 0.25) is 29.5 Å². The molecule has 5 rings (SSSR count). The summed E-state index contributed by atoms with van der Waals surface area (Å²) in [4.78, 5) is 73.7.